The van der Waals surface area contributed by atoms with Crippen LogP contribution in [0.25, 0.3) is 0 Å². The highest BCUT2D eigenvalue weighted by Gasteiger charge is 2.09. The zero-order valence-corrected chi connectivity index (χ0v) is 7.27. The molecule has 0 saturated heterocycles. The molecule has 72 valence electrons. The van der Waals surface area contributed by atoms with E-state index in [0.29, 0.717) is 0 Å². The molecule has 0 bridgehead atoms. The molecule has 0 aliphatic heterocycles. The Labute approximate surface area is 80.4 Å². The number of hydrogen-bond acceptors (Lipinski definition) is 3. The summed E-state index contributed by atoms with van der Waals surface area (Å²) >= 11 is 0. The summed E-state index contributed by atoms with van der Waals surface area (Å²) in [7, 11) is 0. The second-order valence-electron chi connectivity index (χ2n) is 2.46. The Morgan fingerprint density at radius 2 is 2.00 bits per heavy atom. The van der Waals surface area contributed by atoms with Crippen molar-refractivity contribution in [3.8, 4) is 0 Å². The number of carbonyl (C=O) groups excluding carboxylic acids is 1. The van der Waals surface area contributed by atoms with Crippen molar-refractivity contribution in [2.75, 3.05) is 0 Å². The second kappa shape index (κ2) is 4.23. The minimum atomic E-state index is -1.08. The average molecular weight is 192 g/mol. The molecule has 4 nitrogen and oxygen atoms in total. The third-order valence-corrected chi connectivity index (χ3v) is 1.54. The fraction of sp³-hybridized carbons (Fsp3) is 0. The second-order valence-corrected chi connectivity index (χ2v) is 2.46. The topological polar surface area (TPSA) is 63.6 Å². The van der Waals surface area contributed by atoms with Crippen LogP contribution in [0.5, 0.6) is 0 Å². The number of carboxylic acids is 1. The summed E-state index contributed by atoms with van der Waals surface area (Å²) in [6.45, 7) is 3.22. The molecule has 0 unspecified atom stereocenters. The van der Waals surface area contributed by atoms with Crippen molar-refractivity contribution >= 4 is 11.9 Å². The minimum absolute atomic E-state index is 0.0449. The maximum atomic E-state index is 11.1. The van der Waals surface area contributed by atoms with E-state index in [0.717, 1.165) is 6.26 Å². The van der Waals surface area contributed by atoms with Crippen LogP contribution in [0.3, 0.4) is 0 Å². The first-order valence-corrected chi connectivity index (χ1v) is 3.80. The van der Waals surface area contributed by atoms with E-state index < -0.39 is 11.9 Å². The minimum Gasteiger partial charge on any atom is -0.478 e. The highest BCUT2D eigenvalue weighted by molar-refractivity contribution is 5.94. The smallest absolute Gasteiger partial charge is 0.342 e. The zero-order valence-electron chi connectivity index (χ0n) is 7.27. The van der Waals surface area contributed by atoms with Crippen LogP contribution in [0.4, 0.5) is 0 Å². The van der Waals surface area contributed by atoms with Gasteiger partial charge in [0.1, 0.15) is 0 Å². The SMILES string of the molecule is C=COC(=O)c1cccc(C(=O)O)c1. The molecule has 0 aliphatic carbocycles. The average Bonchev–Trinajstić information content (AvgIpc) is 2.18. The lowest BCUT2D eigenvalue weighted by atomic mass is 10.1. The lowest BCUT2D eigenvalue weighted by Gasteiger charge is -1.99. The van der Waals surface area contributed by atoms with Crippen LogP contribution in [-0.2, 0) is 4.74 Å². The molecule has 0 heterocycles. The van der Waals surface area contributed by atoms with Crippen LogP contribution in [0.2, 0.25) is 0 Å². The largest absolute Gasteiger partial charge is 0.478 e. The first-order chi connectivity index (χ1) is 6.65. The molecule has 0 atom stereocenters. The zero-order chi connectivity index (χ0) is 10.6. The number of aromatic carboxylic acids is 1. The van der Waals surface area contributed by atoms with E-state index in [9.17, 15) is 9.59 Å². The number of rotatable bonds is 3. The molecule has 1 rings (SSSR count). The summed E-state index contributed by atoms with van der Waals surface area (Å²) in [5.74, 6) is -1.71. The number of hydrogen-bond donors (Lipinski definition) is 1. The summed E-state index contributed by atoms with van der Waals surface area (Å²) < 4.78 is 4.49. The van der Waals surface area contributed by atoms with Crippen LogP contribution in [0.15, 0.2) is 37.1 Å². The number of esters is 1. The van der Waals surface area contributed by atoms with E-state index in [1.807, 2.05) is 0 Å². The van der Waals surface area contributed by atoms with Gasteiger partial charge in [-0.15, -0.1) is 0 Å². The maximum absolute atomic E-state index is 11.1. The molecule has 0 amide bonds. The van der Waals surface area contributed by atoms with Crippen molar-refractivity contribution < 1.29 is 19.4 Å². The highest BCUT2D eigenvalue weighted by atomic mass is 16.5. The summed E-state index contributed by atoms with van der Waals surface area (Å²) in [5.41, 5.74) is 0.230. The molecule has 1 N–H and O–H groups in total. The van der Waals surface area contributed by atoms with Crippen LogP contribution in [-0.4, -0.2) is 17.0 Å². The van der Waals surface area contributed by atoms with Crippen molar-refractivity contribution in [1.82, 2.24) is 0 Å². The predicted molar refractivity (Wildman–Crippen MR) is 49.0 cm³/mol. The van der Waals surface area contributed by atoms with Gasteiger partial charge in [-0.05, 0) is 18.2 Å². The Balaban J connectivity index is 2.99. The van der Waals surface area contributed by atoms with Gasteiger partial charge < -0.3 is 9.84 Å². The quantitative estimate of drug-likeness (QED) is 0.584. The third-order valence-electron chi connectivity index (χ3n) is 1.54. The molecule has 1 aromatic rings. The number of ether oxygens (including phenoxy) is 1. The van der Waals surface area contributed by atoms with E-state index in [1.165, 1.54) is 24.3 Å². The molecular weight excluding hydrogens is 184 g/mol. The van der Waals surface area contributed by atoms with Crippen molar-refractivity contribution in [3.63, 3.8) is 0 Å². The lowest BCUT2D eigenvalue weighted by Crippen LogP contribution is -2.03. The van der Waals surface area contributed by atoms with Crippen molar-refractivity contribution in [3.05, 3.63) is 48.2 Å². The molecule has 0 radical (unpaired) electrons. The van der Waals surface area contributed by atoms with Gasteiger partial charge in [0.2, 0.25) is 0 Å². The summed E-state index contributed by atoms with van der Waals surface area (Å²) in [6, 6.07) is 5.59. The Morgan fingerprint density at radius 3 is 2.57 bits per heavy atom. The number of carboxylic acid groups (broad SMARTS) is 1. The molecule has 0 saturated carbocycles. The van der Waals surface area contributed by atoms with Crippen LogP contribution < -0.4 is 0 Å². The van der Waals surface area contributed by atoms with E-state index in [1.54, 1.807) is 0 Å². The Kier molecular flexibility index (Phi) is 3.01. The normalized spacial score (nSPS) is 9.14. The molecule has 1 aromatic carbocycles. The van der Waals surface area contributed by atoms with Gasteiger partial charge in [-0.2, -0.15) is 0 Å². The summed E-state index contributed by atoms with van der Waals surface area (Å²) in [5, 5.41) is 8.65. The van der Waals surface area contributed by atoms with Gasteiger partial charge in [-0.3, -0.25) is 0 Å². The molecule has 0 aromatic heterocycles. The van der Waals surface area contributed by atoms with Gasteiger partial charge >= 0.3 is 11.9 Å². The molecule has 4 heteroatoms. The fourth-order valence-corrected chi connectivity index (χ4v) is 0.923. The van der Waals surface area contributed by atoms with Crippen molar-refractivity contribution in [1.29, 1.82) is 0 Å². The Morgan fingerprint density at radius 1 is 1.36 bits per heavy atom. The predicted octanol–water partition coefficient (Wildman–Crippen LogP) is 1.69. The maximum Gasteiger partial charge on any atom is 0.342 e. The molecule has 0 aliphatic rings. The van der Waals surface area contributed by atoms with Crippen LogP contribution in [0.1, 0.15) is 20.7 Å². The number of benzene rings is 1. The highest BCUT2D eigenvalue weighted by Crippen LogP contribution is 2.06. The first kappa shape index (κ1) is 9.98. The molecule has 14 heavy (non-hydrogen) atoms. The standard InChI is InChI=1S/C10H8O4/c1-2-14-10(13)8-5-3-4-7(6-8)9(11)12/h2-6H,1H2,(H,11,12). The van der Waals surface area contributed by atoms with Crippen molar-refractivity contribution in [2.24, 2.45) is 0 Å². The first-order valence-electron chi connectivity index (χ1n) is 3.80. The van der Waals surface area contributed by atoms with Gasteiger partial charge in [0, 0.05) is 0 Å². The van der Waals surface area contributed by atoms with E-state index >= 15 is 0 Å². The Bertz CT molecular complexity index is 381. The summed E-state index contributed by atoms with van der Waals surface area (Å²) in [4.78, 5) is 21.7. The Hall–Kier alpha value is -2.10. The van der Waals surface area contributed by atoms with Crippen LogP contribution >= 0.6 is 0 Å². The van der Waals surface area contributed by atoms with Gasteiger partial charge in [-0.1, -0.05) is 12.6 Å². The third kappa shape index (κ3) is 2.20. The monoisotopic (exact) mass is 192 g/mol. The van der Waals surface area contributed by atoms with Gasteiger partial charge in [0.25, 0.3) is 0 Å². The van der Waals surface area contributed by atoms with Crippen LogP contribution in [0, 0.1) is 0 Å². The molecule has 0 fully saturated rings. The summed E-state index contributed by atoms with van der Waals surface area (Å²) in [6.07, 6.45) is 0.996. The van der Waals surface area contributed by atoms with E-state index in [-0.39, 0.29) is 11.1 Å². The number of carbonyl (C=O) groups is 2. The van der Waals surface area contributed by atoms with Crippen molar-refractivity contribution in [2.45, 2.75) is 0 Å². The van der Waals surface area contributed by atoms with E-state index in [2.05, 4.69) is 11.3 Å². The lowest BCUT2D eigenvalue weighted by molar-refractivity contribution is 0.0664. The van der Waals surface area contributed by atoms with Gasteiger partial charge in [0.15, 0.2) is 0 Å². The molecule has 0 spiro atoms. The fourth-order valence-electron chi connectivity index (χ4n) is 0.923. The van der Waals surface area contributed by atoms with Gasteiger partial charge in [-0.25, -0.2) is 9.59 Å². The molecular formula is C10H8O4. The van der Waals surface area contributed by atoms with E-state index in [4.69, 9.17) is 5.11 Å². The van der Waals surface area contributed by atoms with Gasteiger partial charge in [0.05, 0.1) is 17.4 Å².